The molecule has 5 heteroatoms. The highest BCUT2D eigenvalue weighted by molar-refractivity contribution is 7.99. The largest absolute Gasteiger partial charge is 0.411 e. The fraction of sp³-hybridized carbons (Fsp3) is 0.250. The number of rotatable bonds is 5. The number of hydrogen-bond acceptors (Lipinski definition) is 5. The first-order valence-corrected chi connectivity index (χ1v) is 9.36. The van der Waals surface area contributed by atoms with Gasteiger partial charge in [-0.15, -0.1) is 10.2 Å². The monoisotopic (exact) mass is 350 g/mol. The molecule has 25 heavy (non-hydrogen) atoms. The number of ketones is 1. The fourth-order valence-electron chi connectivity index (χ4n) is 3.15. The topological polar surface area (TPSA) is 56.0 Å². The van der Waals surface area contributed by atoms with E-state index in [4.69, 9.17) is 4.42 Å². The van der Waals surface area contributed by atoms with Crippen molar-refractivity contribution in [3.8, 4) is 11.5 Å². The number of nitrogens with zero attached hydrogens (tertiary/aromatic N) is 2. The third-order valence-electron chi connectivity index (χ3n) is 4.53. The maximum Gasteiger partial charge on any atom is 0.277 e. The van der Waals surface area contributed by atoms with Gasteiger partial charge in [0.05, 0.1) is 5.75 Å². The molecular formula is C20H18N2O2S. The molecule has 0 unspecified atom stereocenters. The van der Waals surface area contributed by atoms with Crippen molar-refractivity contribution in [2.45, 2.75) is 31.4 Å². The molecule has 1 aromatic heterocycles. The van der Waals surface area contributed by atoms with E-state index in [-0.39, 0.29) is 5.78 Å². The van der Waals surface area contributed by atoms with Crippen molar-refractivity contribution in [1.82, 2.24) is 10.2 Å². The maximum absolute atomic E-state index is 12.4. The van der Waals surface area contributed by atoms with E-state index in [1.807, 2.05) is 43.3 Å². The van der Waals surface area contributed by atoms with E-state index in [1.54, 1.807) is 0 Å². The molecule has 1 aliphatic carbocycles. The summed E-state index contributed by atoms with van der Waals surface area (Å²) >= 11 is 1.29. The van der Waals surface area contributed by atoms with Crippen LogP contribution in [0.25, 0.3) is 11.5 Å². The molecule has 0 aliphatic heterocycles. The van der Waals surface area contributed by atoms with Crippen molar-refractivity contribution in [3.05, 3.63) is 64.7 Å². The summed E-state index contributed by atoms with van der Waals surface area (Å²) in [6, 6.07) is 13.9. The van der Waals surface area contributed by atoms with Gasteiger partial charge in [-0.2, -0.15) is 0 Å². The molecule has 2 aromatic carbocycles. The van der Waals surface area contributed by atoms with Crippen LogP contribution in [0.5, 0.6) is 0 Å². The number of aryl methyl sites for hydroxylation is 3. The first-order valence-electron chi connectivity index (χ1n) is 8.38. The van der Waals surface area contributed by atoms with Crippen molar-refractivity contribution >= 4 is 17.5 Å². The second-order valence-corrected chi connectivity index (χ2v) is 7.16. The van der Waals surface area contributed by atoms with Gasteiger partial charge in [0.1, 0.15) is 0 Å². The molecule has 3 aromatic rings. The minimum atomic E-state index is 0.0929. The Hall–Kier alpha value is -2.40. The van der Waals surface area contributed by atoms with E-state index in [0.717, 1.165) is 29.5 Å². The van der Waals surface area contributed by atoms with Crippen molar-refractivity contribution in [3.63, 3.8) is 0 Å². The van der Waals surface area contributed by atoms with Gasteiger partial charge in [-0.3, -0.25) is 4.79 Å². The summed E-state index contributed by atoms with van der Waals surface area (Å²) in [4.78, 5) is 12.4. The van der Waals surface area contributed by atoms with Gasteiger partial charge in [0.15, 0.2) is 5.78 Å². The first-order chi connectivity index (χ1) is 12.2. The average molecular weight is 350 g/mol. The van der Waals surface area contributed by atoms with Crippen molar-refractivity contribution in [1.29, 1.82) is 0 Å². The molecule has 4 nitrogen and oxygen atoms in total. The number of carbonyl (C=O) groups is 1. The van der Waals surface area contributed by atoms with Crippen LogP contribution in [0.2, 0.25) is 0 Å². The van der Waals surface area contributed by atoms with E-state index in [0.29, 0.717) is 16.9 Å². The molecule has 4 rings (SSSR count). The maximum atomic E-state index is 12.4. The number of carbonyl (C=O) groups excluding carboxylic acids is 1. The standard InChI is InChI=1S/C20H18N2O2S/c1-13-5-2-3-8-17(13)19-21-22-20(24-19)25-12-18(23)16-10-9-14-6-4-7-15(14)11-16/h2-3,5,8-11H,4,6-7,12H2,1H3. The van der Waals surface area contributed by atoms with E-state index in [9.17, 15) is 4.79 Å². The van der Waals surface area contributed by atoms with Gasteiger partial charge in [-0.1, -0.05) is 42.1 Å². The molecule has 0 amide bonds. The molecule has 0 fully saturated rings. The number of fused-ring (bicyclic) bond motifs is 1. The minimum Gasteiger partial charge on any atom is -0.411 e. The van der Waals surface area contributed by atoms with Crippen LogP contribution in [0.3, 0.4) is 0 Å². The van der Waals surface area contributed by atoms with Gasteiger partial charge in [-0.25, -0.2) is 0 Å². The third-order valence-corrected chi connectivity index (χ3v) is 5.35. The van der Waals surface area contributed by atoms with Gasteiger partial charge in [0.25, 0.3) is 5.22 Å². The van der Waals surface area contributed by atoms with Gasteiger partial charge >= 0.3 is 0 Å². The molecule has 0 N–H and O–H groups in total. The van der Waals surface area contributed by atoms with Crippen LogP contribution in [0.1, 0.15) is 33.5 Å². The lowest BCUT2D eigenvalue weighted by molar-refractivity contribution is 0.102. The predicted octanol–water partition coefficient (Wildman–Crippen LogP) is 4.51. The molecule has 0 atom stereocenters. The Morgan fingerprint density at radius 3 is 2.84 bits per heavy atom. The summed E-state index contributed by atoms with van der Waals surface area (Å²) in [6.07, 6.45) is 3.39. The van der Waals surface area contributed by atoms with E-state index < -0.39 is 0 Å². The highest BCUT2D eigenvalue weighted by Crippen LogP contribution is 2.27. The SMILES string of the molecule is Cc1ccccc1-c1nnc(SCC(=O)c2ccc3c(c2)CCC3)o1. The second-order valence-electron chi connectivity index (χ2n) is 6.24. The van der Waals surface area contributed by atoms with E-state index in [2.05, 4.69) is 16.3 Å². The lowest BCUT2D eigenvalue weighted by Gasteiger charge is -2.03. The zero-order valence-electron chi connectivity index (χ0n) is 14.0. The molecule has 0 spiro atoms. The Labute approximate surface area is 150 Å². The summed E-state index contributed by atoms with van der Waals surface area (Å²) in [7, 11) is 0. The van der Waals surface area contributed by atoms with Crippen molar-refractivity contribution in [2.24, 2.45) is 0 Å². The number of aromatic nitrogens is 2. The Kier molecular flexibility index (Phi) is 4.40. The Morgan fingerprint density at radius 2 is 1.96 bits per heavy atom. The van der Waals surface area contributed by atoms with Crippen molar-refractivity contribution in [2.75, 3.05) is 5.75 Å². The van der Waals surface area contributed by atoms with Gasteiger partial charge in [0.2, 0.25) is 5.89 Å². The Morgan fingerprint density at radius 1 is 1.12 bits per heavy atom. The molecule has 0 saturated heterocycles. The normalized spacial score (nSPS) is 13.0. The predicted molar refractivity (Wildman–Crippen MR) is 98.0 cm³/mol. The summed E-state index contributed by atoms with van der Waals surface area (Å²) in [5.74, 6) is 0.884. The van der Waals surface area contributed by atoms with Crippen molar-refractivity contribution < 1.29 is 9.21 Å². The number of hydrogen-bond donors (Lipinski definition) is 0. The number of Topliss-reactive ketones (excluding diaryl/α,β-unsaturated/α-hetero) is 1. The summed E-state index contributed by atoms with van der Waals surface area (Å²) in [5.41, 5.74) is 5.47. The lowest BCUT2D eigenvalue weighted by Crippen LogP contribution is -2.03. The van der Waals surface area contributed by atoms with E-state index >= 15 is 0 Å². The lowest BCUT2D eigenvalue weighted by atomic mass is 10.0. The second kappa shape index (κ2) is 6.84. The van der Waals surface area contributed by atoms with Crippen LogP contribution < -0.4 is 0 Å². The van der Waals surface area contributed by atoms with Crippen LogP contribution in [-0.2, 0) is 12.8 Å². The zero-order valence-corrected chi connectivity index (χ0v) is 14.8. The fourth-order valence-corrected chi connectivity index (χ4v) is 3.80. The number of thioether (sulfide) groups is 1. The minimum absolute atomic E-state index is 0.0929. The zero-order chi connectivity index (χ0) is 17.2. The third kappa shape index (κ3) is 3.37. The molecule has 0 saturated carbocycles. The van der Waals surface area contributed by atoms with Gasteiger partial charge in [-0.05, 0) is 55.0 Å². The van der Waals surface area contributed by atoms with Crippen LogP contribution in [-0.4, -0.2) is 21.7 Å². The highest BCUT2D eigenvalue weighted by Gasteiger charge is 2.16. The van der Waals surface area contributed by atoms with Crippen LogP contribution in [0.15, 0.2) is 52.1 Å². The number of benzene rings is 2. The quantitative estimate of drug-likeness (QED) is 0.500. The molecule has 1 aliphatic rings. The summed E-state index contributed by atoms with van der Waals surface area (Å²) < 4.78 is 5.70. The van der Waals surface area contributed by atoms with Crippen LogP contribution in [0.4, 0.5) is 0 Å². The molecule has 126 valence electrons. The summed E-state index contributed by atoms with van der Waals surface area (Å²) in [6.45, 7) is 2.00. The first kappa shape index (κ1) is 16.1. The Bertz CT molecular complexity index is 933. The molecular weight excluding hydrogens is 332 g/mol. The van der Waals surface area contributed by atoms with Gasteiger partial charge < -0.3 is 4.42 Å². The highest BCUT2D eigenvalue weighted by atomic mass is 32.2. The van der Waals surface area contributed by atoms with Gasteiger partial charge in [0, 0.05) is 11.1 Å². The average Bonchev–Trinajstić information content (AvgIpc) is 3.28. The smallest absolute Gasteiger partial charge is 0.277 e. The Balaban J connectivity index is 1.43. The summed E-state index contributed by atoms with van der Waals surface area (Å²) in [5, 5.41) is 8.57. The van der Waals surface area contributed by atoms with Crippen LogP contribution >= 0.6 is 11.8 Å². The van der Waals surface area contributed by atoms with Crippen LogP contribution in [0, 0.1) is 6.92 Å². The molecule has 1 heterocycles. The van der Waals surface area contributed by atoms with E-state index in [1.165, 1.54) is 29.3 Å². The molecule has 0 bridgehead atoms. The molecule has 0 radical (unpaired) electrons.